The van der Waals surface area contributed by atoms with E-state index in [1.807, 2.05) is 40.1 Å². The van der Waals surface area contributed by atoms with Crippen LogP contribution in [-0.2, 0) is 6.54 Å². The first-order valence-corrected chi connectivity index (χ1v) is 9.76. The molecule has 0 saturated carbocycles. The fourth-order valence-electron chi connectivity index (χ4n) is 3.94. The second-order valence-electron chi connectivity index (χ2n) is 7.37. The molecule has 0 aromatic carbocycles. The van der Waals surface area contributed by atoms with Crippen LogP contribution < -0.4 is 0 Å². The third-order valence-corrected chi connectivity index (χ3v) is 5.39. The van der Waals surface area contributed by atoms with Crippen molar-refractivity contribution in [1.82, 2.24) is 34.4 Å². The van der Waals surface area contributed by atoms with Crippen molar-refractivity contribution in [1.29, 1.82) is 0 Å². The lowest BCUT2D eigenvalue weighted by atomic mass is 9.97. The van der Waals surface area contributed by atoms with E-state index in [-0.39, 0.29) is 11.8 Å². The summed E-state index contributed by atoms with van der Waals surface area (Å²) in [6.45, 7) is 2.06. The van der Waals surface area contributed by atoms with E-state index in [0.29, 0.717) is 18.7 Å². The summed E-state index contributed by atoms with van der Waals surface area (Å²) < 4.78 is 1.97. The van der Waals surface area contributed by atoms with E-state index in [1.54, 1.807) is 24.9 Å². The van der Waals surface area contributed by atoms with Crippen LogP contribution in [0.3, 0.4) is 0 Å². The van der Waals surface area contributed by atoms with Gasteiger partial charge in [-0.15, -0.1) is 0 Å². The summed E-state index contributed by atoms with van der Waals surface area (Å²) in [6.07, 6.45) is 12.6. The summed E-state index contributed by atoms with van der Waals surface area (Å²) in [6, 6.07) is 5.76. The Morgan fingerprint density at radius 3 is 3.00 bits per heavy atom. The molecule has 1 amide bonds. The number of pyridine rings is 2. The van der Waals surface area contributed by atoms with Gasteiger partial charge >= 0.3 is 0 Å². The van der Waals surface area contributed by atoms with Crippen molar-refractivity contribution in [2.24, 2.45) is 0 Å². The average molecular weight is 387 g/mol. The van der Waals surface area contributed by atoms with Gasteiger partial charge in [0.1, 0.15) is 11.3 Å². The molecule has 1 saturated heterocycles. The normalized spacial score (nSPS) is 17.0. The largest absolute Gasteiger partial charge is 0.348 e. The predicted molar refractivity (Wildman–Crippen MR) is 107 cm³/mol. The number of likely N-dealkylation sites (tertiary alicyclic amines) is 1. The monoisotopic (exact) mass is 387 g/mol. The molecule has 0 bridgehead atoms. The van der Waals surface area contributed by atoms with Gasteiger partial charge in [0.05, 0.1) is 18.4 Å². The molecule has 1 atom stereocenters. The van der Waals surface area contributed by atoms with Gasteiger partial charge in [-0.3, -0.25) is 9.78 Å². The van der Waals surface area contributed by atoms with Crippen LogP contribution in [0.25, 0.3) is 11.2 Å². The first-order chi connectivity index (χ1) is 14.3. The van der Waals surface area contributed by atoms with Gasteiger partial charge in [0.15, 0.2) is 5.65 Å². The van der Waals surface area contributed by atoms with Crippen molar-refractivity contribution in [3.63, 3.8) is 0 Å². The van der Waals surface area contributed by atoms with Crippen LogP contribution in [0.15, 0.2) is 55.5 Å². The van der Waals surface area contributed by atoms with Crippen LogP contribution in [-0.4, -0.2) is 53.4 Å². The Kier molecular flexibility index (Phi) is 4.51. The lowest BCUT2D eigenvalue weighted by molar-refractivity contribution is 0.0704. The van der Waals surface area contributed by atoms with Gasteiger partial charge in [0.2, 0.25) is 0 Å². The fraction of sp³-hybridized carbons (Fsp3) is 0.286. The molecule has 1 unspecified atom stereocenters. The van der Waals surface area contributed by atoms with Crippen molar-refractivity contribution in [3.8, 4) is 0 Å². The number of carbonyl (C=O) groups excluding carboxylic acids is 1. The Hall–Kier alpha value is -3.55. The molecule has 1 N–H and O–H groups in total. The zero-order valence-electron chi connectivity index (χ0n) is 15.9. The van der Waals surface area contributed by atoms with E-state index in [9.17, 15) is 4.79 Å². The van der Waals surface area contributed by atoms with Gasteiger partial charge in [-0.2, -0.15) is 0 Å². The van der Waals surface area contributed by atoms with Crippen LogP contribution in [0.2, 0.25) is 0 Å². The number of amides is 1. The molecule has 146 valence electrons. The van der Waals surface area contributed by atoms with E-state index >= 15 is 0 Å². The van der Waals surface area contributed by atoms with Crippen molar-refractivity contribution in [2.75, 3.05) is 13.1 Å². The second kappa shape index (κ2) is 7.46. The number of piperidine rings is 1. The van der Waals surface area contributed by atoms with E-state index in [1.165, 1.54) is 0 Å². The fourth-order valence-corrected chi connectivity index (χ4v) is 3.94. The highest BCUT2D eigenvalue weighted by atomic mass is 16.2. The molecule has 0 aliphatic carbocycles. The minimum atomic E-state index is -0.00235. The van der Waals surface area contributed by atoms with Crippen LogP contribution in [0.4, 0.5) is 0 Å². The minimum absolute atomic E-state index is 0.00235. The number of aromatic nitrogens is 6. The summed E-state index contributed by atoms with van der Waals surface area (Å²) >= 11 is 0. The Morgan fingerprint density at radius 2 is 2.17 bits per heavy atom. The molecule has 1 aliphatic rings. The van der Waals surface area contributed by atoms with Crippen LogP contribution in [0, 0.1) is 0 Å². The van der Waals surface area contributed by atoms with Crippen molar-refractivity contribution in [2.45, 2.75) is 25.3 Å². The van der Waals surface area contributed by atoms with Crippen molar-refractivity contribution >= 4 is 17.1 Å². The number of carbonyl (C=O) groups is 1. The molecule has 8 heteroatoms. The topological polar surface area (TPSA) is 92.6 Å². The Labute approximate surface area is 167 Å². The first kappa shape index (κ1) is 17.5. The SMILES string of the molecule is O=C(c1cnc2c(c1)ncn2Cc1cccnc1)N1CCCC(c2ncc[nH]2)C1. The molecule has 1 aliphatic heterocycles. The summed E-state index contributed by atoms with van der Waals surface area (Å²) in [5.74, 6) is 1.20. The lowest BCUT2D eigenvalue weighted by Gasteiger charge is -2.31. The van der Waals surface area contributed by atoms with Gasteiger partial charge in [-0.25, -0.2) is 15.0 Å². The number of fused-ring (bicyclic) bond motifs is 1. The number of H-pyrrole nitrogens is 1. The summed E-state index contributed by atoms with van der Waals surface area (Å²) in [5, 5.41) is 0. The molecule has 8 nitrogen and oxygen atoms in total. The molecule has 0 radical (unpaired) electrons. The highest BCUT2D eigenvalue weighted by molar-refractivity contribution is 5.96. The molecule has 5 rings (SSSR count). The molecule has 29 heavy (non-hydrogen) atoms. The molecule has 1 fully saturated rings. The number of nitrogens with zero attached hydrogens (tertiary/aromatic N) is 6. The molecule has 5 heterocycles. The van der Waals surface area contributed by atoms with E-state index in [2.05, 4.69) is 24.9 Å². The van der Waals surface area contributed by atoms with E-state index < -0.39 is 0 Å². The summed E-state index contributed by atoms with van der Waals surface area (Å²) in [4.78, 5) is 35.6. The zero-order chi connectivity index (χ0) is 19.6. The third-order valence-electron chi connectivity index (χ3n) is 5.39. The smallest absolute Gasteiger partial charge is 0.255 e. The quantitative estimate of drug-likeness (QED) is 0.581. The zero-order valence-corrected chi connectivity index (χ0v) is 15.9. The number of aromatic amines is 1. The lowest BCUT2D eigenvalue weighted by Crippen LogP contribution is -2.39. The van der Waals surface area contributed by atoms with Crippen LogP contribution >= 0.6 is 0 Å². The molecule has 0 spiro atoms. The van der Waals surface area contributed by atoms with Crippen LogP contribution in [0.5, 0.6) is 0 Å². The van der Waals surface area contributed by atoms with Gasteiger partial charge < -0.3 is 14.5 Å². The van der Waals surface area contributed by atoms with E-state index in [4.69, 9.17) is 0 Å². The number of nitrogens with one attached hydrogen (secondary N) is 1. The Morgan fingerprint density at radius 1 is 1.21 bits per heavy atom. The maximum atomic E-state index is 13.1. The highest BCUT2D eigenvalue weighted by Crippen LogP contribution is 2.25. The third kappa shape index (κ3) is 3.49. The number of imidazole rings is 2. The summed E-state index contributed by atoms with van der Waals surface area (Å²) in [5.41, 5.74) is 3.13. The second-order valence-corrected chi connectivity index (χ2v) is 7.37. The Bertz CT molecular complexity index is 1120. The van der Waals surface area contributed by atoms with Gasteiger partial charge in [0, 0.05) is 50.0 Å². The maximum absolute atomic E-state index is 13.1. The molecule has 4 aromatic heterocycles. The number of hydrogen-bond donors (Lipinski definition) is 1. The van der Waals surface area contributed by atoms with Crippen molar-refractivity contribution < 1.29 is 4.79 Å². The number of rotatable bonds is 4. The maximum Gasteiger partial charge on any atom is 0.255 e. The predicted octanol–water partition coefficient (Wildman–Crippen LogP) is 2.62. The Balaban J connectivity index is 1.35. The van der Waals surface area contributed by atoms with Crippen molar-refractivity contribution in [3.05, 3.63) is 72.5 Å². The summed E-state index contributed by atoms with van der Waals surface area (Å²) in [7, 11) is 0. The van der Waals surface area contributed by atoms with Gasteiger partial charge in [0.25, 0.3) is 5.91 Å². The average Bonchev–Trinajstić information content (AvgIpc) is 3.44. The van der Waals surface area contributed by atoms with Crippen LogP contribution in [0.1, 0.15) is 40.5 Å². The molecular formula is C21H21N7O. The highest BCUT2D eigenvalue weighted by Gasteiger charge is 2.27. The van der Waals surface area contributed by atoms with Gasteiger partial charge in [-0.1, -0.05) is 6.07 Å². The first-order valence-electron chi connectivity index (χ1n) is 9.76. The molecular weight excluding hydrogens is 366 g/mol. The number of hydrogen-bond acceptors (Lipinski definition) is 5. The van der Waals surface area contributed by atoms with E-state index in [0.717, 1.165) is 41.9 Å². The minimum Gasteiger partial charge on any atom is -0.348 e. The van der Waals surface area contributed by atoms with Gasteiger partial charge in [-0.05, 0) is 30.5 Å². The molecule has 4 aromatic rings. The standard InChI is InChI=1S/C21H21N7O/c29-21(27-8-2-4-16(13-27)19-23-6-7-24-19)17-9-18-20(25-11-17)28(14-26-18)12-15-3-1-5-22-10-15/h1,3,5-7,9-11,14,16H,2,4,8,12-13H2,(H,23,24).